The second-order valence-electron chi connectivity index (χ2n) is 12.6. The second-order valence-corrected chi connectivity index (χ2v) is 12.6. The summed E-state index contributed by atoms with van der Waals surface area (Å²) in [5.41, 5.74) is 2.19. The Kier molecular flexibility index (Phi) is 13.5. The first-order valence-corrected chi connectivity index (χ1v) is 15.9. The number of ether oxygens (including phenoxy) is 5. The molecule has 4 rings (SSSR count). The number of hydrogen-bond acceptors (Lipinski definition) is 8. The van der Waals surface area contributed by atoms with Gasteiger partial charge in [-0.15, -0.1) is 0 Å². The lowest BCUT2D eigenvalue weighted by Crippen LogP contribution is -2.65. The minimum atomic E-state index is -0.797. The summed E-state index contributed by atoms with van der Waals surface area (Å²) < 4.78 is 31.1. The van der Waals surface area contributed by atoms with Gasteiger partial charge in [-0.25, -0.2) is 4.79 Å². The van der Waals surface area contributed by atoms with Crippen LogP contribution in [-0.4, -0.2) is 67.0 Å². The summed E-state index contributed by atoms with van der Waals surface area (Å²) in [5.74, 6) is -0.609. The third kappa shape index (κ3) is 12.2. The van der Waals surface area contributed by atoms with Crippen LogP contribution in [0.25, 0.3) is 0 Å². The number of carbonyl (C=O) groups is 3. The van der Waals surface area contributed by atoms with Crippen molar-refractivity contribution >= 4 is 17.8 Å². The quantitative estimate of drug-likeness (QED) is 0.233. The Bertz CT molecular complexity index is 1400. The Hall–Kier alpha value is -4.09. The minimum Gasteiger partial charge on any atom is -0.444 e. The van der Waals surface area contributed by atoms with Crippen molar-refractivity contribution in [2.75, 3.05) is 13.2 Å². The standard InChI is InChI=1S/C37H46N2O8/c1-26(40)39-33-31(20-30(41)21-38-36(42)47-37(2,3)4)46-32(25-43-22-27-14-8-5-9-15-27)34(44-23-28-16-10-6-11-17-28)35(33)45-24-29-18-12-7-13-19-29/h5-19,31-35H,20-25H2,1-4H3,(H,38,42)(H,39,40)/t31-,32-,33+,34-,35-/m1/s1. The van der Waals surface area contributed by atoms with Gasteiger partial charge >= 0.3 is 6.09 Å². The maximum absolute atomic E-state index is 13.2. The average Bonchev–Trinajstić information content (AvgIpc) is 3.04. The molecule has 3 aromatic carbocycles. The Morgan fingerprint density at radius 1 is 0.723 bits per heavy atom. The second kappa shape index (κ2) is 17.7. The van der Waals surface area contributed by atoms with E-state index in [1.54, 1.807) is 20.8 Å². The van der Waals surface area contributed by atoms with E-state index >= 15 is 0 Å². The van der Waals surface area contributed by atoms with E-state index in [0.717, 1.165) is 16.7 Å². The molecule has 0 saturated carbocycles. The number of nitrogens with one attached hydrogen (secondary N) is 2. The SMILES string of the molecule is CC(=O)N[C@@H]1[C@@H](OCc2ccccc2)[C@H](OCc2ccccc2)[C@@H](COCc2ccccc2)O[C@@H]1CC(=O)CNC(=O)OC(C)(C)C. The Balaban J connectivity index is 1.59. The molecular formula is C37H46N2O8. The van der Waals surface area contributed by atoms with Crippen LogP contribution in [0.4, 0.5) is 4.79 Å². The number of ketones is 1. The van der Waals surface area contributed by atoms with E-state index in [0.29, 0.717) is 6.61 Å². The predicted octanol–water partition coefficient (Wildman–Crippen LogP) is 5.13. The third-order valence-corrected chi connectivity index (χ3v) is 7.39. The Morgan fingerprint density at radius 2 is 1.23 bits per heavy atom. The van der Waals surface area contributed by atoms with Crippen LogP contribution in [0.5, 0.6) is 0 Å². The normalized spacial score (nSPS) is 21.1. The Morgan fingerprint density at radius 3 is 1.74 bits per heavy atom. The molecule has 1 aliphatic heterocycles. The fraction of sp³-hybridized carbons (Fsp3) is 0.432. The molecule has 10 heteroatoms. The van der Waals surface area contributed by atoms with E-state index in [9.17, 15) is 14.4 Å². The van der Waals surface area contributed by atoms with Gasteiger partial charge in [-0.05, 0) is 37.5 Å². The smallest absolute Gasteiger partial charge is 0.408 e. The number of rotatable bonds is 15. The molecule has 3 aromatic rings. The van der Waals surface area contributed by atoms with Gasteiger partial charge in [0.25, 0.3) is 0 Å². The largest absolute Gasteiger partial charge is 0.444 e. The monoisotopic (exact) mass is 646 g/mol. The van der Waals surface area contributed by atoms with Gasteiger partial charge in [0.2, 0.25) is 5.91 Å². The molecule has 0 aliphatic carbocycles. The van der Waals surface area contributed by atoms with Gasteiger partial charge in [-0.1, -0.05) is 91.0 Å². The lowest BCUT2D eigenvalue weighted by Gasteiger charge is -2.46. The van der Waals surface area contributed by atoms with Crippen molar-refractivity contribution in [3.05, 3.63) is 108 Å². The first kappa shape index (κ1) is 35.8. The summed E-state index contributed by atoms with van der Waals surface area (Å²) in [6, 6.07) is 28.5. The number of hydrogen-bond donors (Lipinski definition) is 2. The summed E-state index contributed by atoms with van der Waals surface area (Å²) in [6.45, 7) is 7.38. The van der Waals surface area contributed by atoms with Crippen LogP contribution < -0.4 is 10.6 Å². The molecule has 0 radical (unpaired) electrons. The molecule has 10 nitrogen and oxygen atoms in total. The van der Waals surface area contributed by atoms with Crippen LogP contribution in [0.15, 0.2) is 91.0 Å². The lowest BCUT2D eigenvalue weighted by atomic mass is 9.89. The molecule has 2 N–H and O–H groups in total. The van der Waals surface area contributed by atoms with Crippen LogP contribution in [0.2, 0.25) is 0 Å². The molecule has 47 heavy (non-hydrogen) atoms. The molecule has 5 atom stereocenters. The highest BCUT2D eigenvalue weighted by molar-refractivity contribution is 5.84. The van der Waals surface area contributed by atoms with Crippen LogP contribution >= 0.6 is 0 Å². The van der Waals surface area contributed by atoms with Crippen molar-refractivity contribution in [2.45, 2.75) is 90.0 Å². The predicted molar refractivity (Wildman–Crippen MR) is 176 cm³/mol. The molecule has 1 saturated heterocycles. The van der Waals surface area contributed by atoms with Crippen molar-refractivity contribution < 1.29 is 38.1 Å². The maximum Gasteiger partial charge on any atom is 0.408 e. The van der Waals surface area contributed by atoms with Gasteiger partial charge in [0.05, 0.1) is 45.1 Å². The summed E-state index contributed by atoms with van der Waals surface area (Å²) in [4.78, 5) is 38.0. The van der Waals surface area contributed by atoms with E-state index in [4.69, 9.17) is 23.7 Å². The molecule has 1 fully saturated rings. The van der Waals surface area contributed by atoms with Gasteiger partial charge in [0.15, 0.2) is 5.78 Å². The van der Waals surface area contributed by atoms with Crippen molar-refractivity contribution in [3.63, 3.8) is 0 Å². The first-order valence-electron chi connectivity index (χ1n) is 15.9. The van der Waals surface area contributed by atoms with Crippen molar-refractivity contribution in [3.8, 4) is 0 Å². The molecule has 2 amide bonds. The maximum atomic E-state index is 13.2. The number of alkyl carbamates (subject to hydrolysis) is 1. The summed E-state index contributed by atoms with van der Waals surface area (Å²) in [7, 11) is 0. The molecule has 0 spiro atoms. The number of amides is 2. The third-order valence-electron chi connectivity index (χ3n) is 7.39. The molecule has 0 aromatic heterocycles. The van der Waals surface area contributed by atoms with Gasteiger partial charge in [-0.3, -0.25) is 9.59 Å². The molecule has 1 aliphatic rings. The van der Waals surface area contributed by atoms with Gasteiger partial charge in [0, 0.05) is 13.3 Å². The van der Waals surface area contributed by atoms with Crippen molar-refractivity contribution in [1.29, 1.82) is 0 Å². The van der Waals surface area contributed by atoms with E-state index in [2.05, 4.69) is 10.6 Å². The minimum absolute atomic E-state index is 0.105. The van der Waals surface area contributed by atoms with Crippen LogP contribution in [0.3, 0.4) is 0 Å². The lowest BCUT2D eigenvalue weighted by molar-refractivity contribution is -0.232. The van der Waals surface area contributed by atoms with Crippen LogP contribution in [0, 0.1) is 0 Å². The fourth-order valence-corrected chi connectivity index (χ4v) is 5.32. The van der Waals surface area contributed by atoms with Crippen LogP contribution in [-0.2, 0) is 53.1 Å². The summed E-state index contributed by atoms with van der Waals surface area (Å²) in [5, 5.41) is 5.49. The number of carbonyl (C=O) groups excluding carboxylic acids is 3. The Labute approximate surface area is 277 Å². The van der Waals surface area contributed by atoms with E-state index in [1.807, 2.05) is 91.0 Å². The van der Waals surface area contributed by atoms with Crippen molar-refractivity contribution in [1.82, 2.24) is 10.6 Å². The zero-order chi connectivity index (χ0) is 33.6. The van der Waals surface area contributed by atoms with E-state index in [1.165, 1.54) is 6.92 Å². The highest BCUT2D eigenvalue weighted by Crippen LogP contribution is 2.30. The molecular weight excluding hydrogens is 600 g/mol. The van der Waals surface area contributed by atoms with E-state index < -0.39 is 42.2 Å². The molecule has 252 valence electrons. The first-order chi connectivity index (χ1) is 22.6. The van der Waals surface area contributed by atoms with Crippen molar-refractivity contribution in [2.24, 2.45) is 0 Å². The molecule has 0 bridgehead atoms. The highest BCUT2D eigenvalue weighted by Gasteiger charge is 2.48. The highest BCUT2D eigenvalue weighted by atomic mass is 16.6. The van der Waals surface area contributed by atoms with Gasteiger partial charge in [0.1, 0.15) is 23.9 Å². The fourth-order valence-electron chi connectivity index (χ4n) is 5.32. The average molecular weight is 647 g/mol. The number of benzene rings is 3. The molecule has 0 unspecified atom stereocenters. The summed E-state index contributed by atoms with van der Waals surface area (Å²) in [6.07, 6.45) is -3.62. The zero-order valence-electron chi connectivity index (χ0n) is 27.6. The zero-order valence-corrected chi connectivity index (χ0v) is 27.6. The van der Waals surface area contributed by atoms with E-state index in [-0.39, 0.29) is 44.5 Å². The topological polar surface area (TPSA) is 121 Å². The summed E-state index contributed by atoms with van der Waals surface area (Å²) >= 11 is 0. The van der Waals surface area contributed by atoms with Gasteiger partial charge in [-0.2, -0.15) is 0 Å². The van der Waals surface area contributed by atoms with Gasteiger partial charge < -0.3 is 34.3 Å². The molecule has 1 heterocycles. The van der Waals surface area contributed by atoms with Crippen LogP contribution in [0.1, 0.15) is 50.8 Å². The number of Topliss-reactive ketones (excluding diaryl/α,β-unsaturated/α-hetero) is 1.